The number of aromatic nitrogens is 1. The molecule has 2 amide bonds. The average Bonchev–Trinajstić information content (AvgIpc) is 2.18. The minimum atomic E-state index is -0.576. The van der Waals surface area contributed by atoms with Crippen LogP contribution in [0.2, 0.25) is 0 Å². The Hall–Kier alpha value is -1.62. The number of hydrogen-bond donors (Lipinski definition) is 2. The zero-order valence-corrected chi connectivity index (χ0v) is 8.19. The summed E-state index contributed by atoms with van der Waals surface area (Å²) in [6.45, 7) is 1.98. The van der Waals surface area contributed by atoms with E-state index < -0.39 is 6.03 Å². The Bertz CT molecular complexity index is 326. The van der Waals surface area contributed by atoms with Crippen molar-refractivity contribution in [2.75, 3.05) is 12.4 Å². The molecule has 14 heavy (non-hydrogen) atoms. The van der Waals surface area contributed by atoms with Gasteiger partial charge in [0.05, 0.1) is 11.9 Å². The molecule has 0 aliphatic heterocycles. The van der Waals surface area contributed by atoms with Gasteiger partial charge in [0.2, 0.25) is 0 Å². The molecule has 1 rings (SSSR count). The topological polar surface area (TPSA) is 65.5 Å². The van der Waals surface area contributed by atoms with Crippen molar-refractivity contribution in [3.8, 4) is 0 Å². The van der Waals surface area contributed by atoms with Gasteiger partial charge in [-0.25, -0.2) is 9.86 Å². The number of amides is 2. The van der Waals surface area contributed by atoms with E-state index in [4.69, 9.17) is 5.21 Å². The lowest BCUT2D eigenvalue weighted by Crippen LogP contribution is -2.28. The summed E-state index contributed by atoms with van der Waals surface area (Å²) in [5.41, 5.74) is 1.61. The van der Waals surface area contributed by atoms with Gasteiger partial charge in [0.25, 0.3) is 0 Å². The summed E-state index contributed by atoms with van der Waals surface area (Å²) in [5, 5.41) is 11.9. The molecule has 0 saturated heterocycles. The number of carbonyl (C=O) groups is 1. The molecule has 76 valence electrons. The molecule has 0 spiro atoms. The van der Waals surface area contributed by atoms with E-state index in [0.717, 1.165) is 12.0 Å². The lowest BCUT2D eigenvalue weighted by atomic mass is 10.2. The van der Waals surface area contributed by atoms with Gasteiger partial charge in [-0.2, -0.15) is 0 Å². The van der Waals surface area contributed by atoms with Gasteiger partial charge in [-0.05, 0) is 18.1 Å². The minimum absolute atomic E-state index is 0.492. The molecule has 5 heteroatoms. The van der Waals surface area contributed by atoms with Crippen molar-refractivity contribution in [2.24, 2.45) is 0 Å². The number of pyridine rings is 1. The van der Waals surface area contributed by atoms with Gasteiger partial charge in [0.15, 0.2) is 0 Å². The maximum atomic E-state index is 11.1. The predicted molar refractivity (Wildman–Crippen MR) is 52.2 cm³/mol. The summed E-state index contributed by atoms with van der Waals surface area (Å²) in [6, 6.07) is 1.25. The highest BCUT2D eigenvalue weighted by molar-refractivity contribution is 5.88. The van der Waals surface area contributed by atoms with E-state index in [9.17, 15) is 4.79 Å². The van der Waals surface area contributed by atoms with E-state index in [1.807, 2.05) is 13.0 Å². The highest BCUT2D eigenvalue weighted by Crippen LogP contribution is 2.13. The summed E-state index contributed by atoms with van der Waals surface area (Å²) < 4.78 is 0. The number of nitrogens with zero attached hydrogens (tertiary/aromatic N) is 2. The van der Waals surface area contributed by atoms with Crippen molar-refractivity contribution in [3.05, 3.63) is 24.0 Å². The second kappa shape index (κ2) is 4.57. The molecule has 0 aromatic carbocycles. The van der Waals surface area contributed by atoms with Crippen molar-refractivity contribution in [1.29, 1.82) is 0 Å². The molecule has 1 aromatic rings. The first-order valence-corrected chi connectivity index (χ1v) is 4.31. The number of carbonyl (C=O) groups excluding carboxylic acids is 1. The fourth-order valence-electron chi connectivity index (χ4n) is 1.04. The summed E-state index contributed by atoms with van der Waals surface area (Å²) in [5.74, 6) is 0. The first-order chi connectivity index (χ1) is 6.65. The van der Waals surface area contributed by atoms with E-state index in [0.29, 0.717) is 10.8 Å². The van der Waals surface area contributed by atoms with Gasteiger partial charge in [0.1, 0.15) is 0 Å². The fraction of sp³-hybridized carbons (Fsp3) is 0.333. The number of urea groups is 1. The van der Waals surface area contributed by atoms with Crippen LogP contribution in [0.1, 0.15) is 12.5 Å². The summed E-state index contributed by atoms with van der Waals surface area (Å²) in [4.78, 5) is 15.0. The molecular weight excluding hydrogens is 182 g/mol. The van der Waals surface area contributed by atoms with Crippen LogP contribution in [0.5, 0.6) is 0 Å². The van der Waals surface area contributed by atoms with Crippen molar-refractivity contribution < 1.29 is 10.0 Å². The van der Waals surface area contributed by atoms with E-state index in [1.165, 1.54) is 7.05 Å². The molecule has 0 radical (unpaired) electrons. The van der Waals surface area contributed by atoms with E-state index >= 15 is 0 Å². The zero-order valence-electron chi connectivity index (χ0n) is 8.19. The van der Waals surface area contributed by atoms with Crippen molar-refractivity contribution >= 4 is 11.7 Å². The Morgan fingerprint density at radius 2 is 2.43 bits per heavy atom. The molecule has 0 aliphatic rings. The van der Waals surface area contributed by atoms with Crippen LogP contribution in [-0.4, -0.2) is 28.3 Å². The molecule has 2 N–H and O–H groups in total. The number of anilines is 1. The van der Waals surface area contributed by atoms with Gasteiger partial charge in [0, 0.05) is 13.2 Å². The Balaban J connectivity index is 2.80. The Kier molecular flexibility index (Phi) is 3.41. The first kappa shape index (κ1) is 10.5. The van der Waals surface area contributed by atoms with Crippen LogP contribution in [0.4, 0.5) is 10.5 Å². The SMILES string of the molecule is CCc1ccncc1NC(=O)N(C)O. The van der Waals surface area contributed by atoms with Crippen molar-refractivity contribution in [2.45, 2.75) is 13.3 Å². The number of rotatable bonds is 2. The second-order valence-corrected chi connectivity index (χ2v) is 2.84. The maximum Gasteiger partial charge on any atom is 0.345 e. The maximum absolute atomic E-state index is 11.1. The van der Waals surface area contributed by atoms with Crippen LogP contribution in [0.15, 0.2) is 18.5 Å². The van der Waals surface area contributed by atoms with Gasteiger partial charge >= 0.3 is 6.03 Å². The minimum Gasteiger partial charge on any atom is -0.304 e. The normalized spacial score (nSPS) is 9.64. The quantitative estimate of drug-likeness (QED) is 0.555. The van der Waals surface area contributed by atoms with Crippen LogP contribution < -0.4 is 5.32 Å². The van der Waals surface area contributed by atoms with Gasteiger partial charge in [-0.1, -0.05) is 6.92 Å². The molecule has 0 bridgehead atoms. The van der Waals surface area contributed by atoms with Crippen LogP contribution in [0.3, 0.4) is 0 Å². The molecule has 1 heterocycles. The average molecular weight is 195 g/mol. The predicted octanol–water partition coefficient (Wildman–Crippen LogP) is 1.50. The Morgan fingerprint density at radius 1 is 1.71 bits per heavy atom. The van der Waals surface area contributed by atoms with E-state index in [2.05, 4.69) is 10.3 Å². The van der Waals surface area contributed by atoms with Crippen LogP contribution in [-0.2, 0) is 6.42 Å². The van der Waals surface area contributed by atoms with E-state index in [-0.39, 0.29) is 0 Å². The fourth-order valence-corrected chi connectivity index (χ4v) is 1.04. The lowest BCUT2D eigenvalue weighted by molar-refractivity contribution is -0.0118. The third kappa shape index (κ3) is 2.43. The highest BCUT2D eigenvalue weighted by atomic mass is 16.5. The molecule has 1 aromatic heterocycles. The number of hydroxylamine groups is 2. The van der Waals surface area contributed by atoms with Crippen molar-refractivity contribution in [1.82, 2.24) is 10.0 Å². The molecule has 0 atom stereocenters. The summed E-state index contributed by atoms with van der Waals surface area (Å²) in [6.07, 6.45) is 4.02. The molecule has 0 saturated carbocycles. The van der Waals surface area contributed by atoms with Crippen LogP contribution in [0, 0.1) is 0 Å². The zero-order chi connectivity index (χ0) is 10.6. The summed E-state index contributed by atoms with van der Waals surface area (Å²) >= 11 is 0. The number of aryl methyl sites for hydroxylation is 1. The van der Waals surface area contributed by atoms with Crippen LogP contribution >= 0.6 is 0 Å². The third-order valence-electron chi connectivity index (χ3n) is 1.83. The van der Waals surface area contributed by atoms with Gasteiger partial charge in [-0.15, -0.1) is 0 Å². The molecule has 0 unspecified atom stereocenters. The smallest absolute Gasteiger partial charge is 0.304 e. The second-order valence-electron chi connectivity index (χ2n) is 2.84. The van der Waals surface area contributed by atoms with Gasteiger partial charge in [-0.3, -0.25) is 10.2 Å². The molecule has 0 fully saturated rings. The standard InChI is InChI=1S/C9H13N3O2/c1-3-7-4-5-10-6-8(7)11-9(13)12(2)14/h4-6,14H,3H2,1-2H3,(H,11,13). The highest BCUT2D eigenvalue weighted by Gasteiger charge is 2.07. The third-order valence-corrected chi connectivity index (χ3v) is 1.83. The summed E-state index contributed by atoms with van der Waals surface area (Å²) in [7, 11) is 1.26. The number of hydrogen-bond acceptors (Lipinski definition) is 3. The number of nitrogens with one attached hydrogen (secondary N) is 1. The molecule has 5 nitrogen and oxygen atoms in total. The Labute approximate surface area is 82.3 Å². The monoisotopic (exact) mass is 195 g/mol. The molecule has 0 aliphatic carbocycles. The molecular formula is C9H13N3O2. The lowest BCUT2D eigenvalue weighted by Gasteiger charge is -2.12. The first-order valence-electron chi connectivity index (χ1n) is 4.31. The van der Waals surface area contributed by atoms with Crippen LogP contribution in [0.25, 0.3) is 0 Å². The van der Waals surface area contributed by atoms with Gasteiger partial charge < -0.3 is 5.32 Å². The Morgan fingerprint density at radius 3 is 3.00 bits per heavy atom. The largest absolute Gasteiger partial charge is 0.345 e. The van der Waals surface area contributed by atoms with E-state index in [1.54, 1.807) is 12.4 Å². The van der Waals surface area contributed by atoms with Crippen molar-refractivity contribution in [3.63, 3.8) is 0 Å².